The summed E-state index contributed by atoms with van der Waals surface area (Å²) in [6.07, 6.45) is 20.1. The molecule has 14 nitrogen and oxygen atoms in total. The lowest BCUT2D eigenvalue weighted by Crippen LogP contribution is -2.41. The average molecular weight is 958 g/mol. The van der Waals surface area contributed by atoms with Gasteiger partial charge in [0.05, 0.1) is 42.7 Å². The lowest BCUT2D eigenvalue weighted by Gasteiger charge is -2.35. The minimum atomic E-state index is -0.609. The molecule has 0 saturated heterocycles. The molecule has 0 N–H and O–H groups in total. The van der Waals surface area contributed by atoms with Crippen LogP contribution in [0.3, 0.4) is 0 Å². The summed E-state index contributed by atoms with van der Waals surface area (Å²) in [5.74, 6) is -1.91. The molecule has 14 unspecified atom stereocenters. The Kier molecular flexibility index (Phi) is 28.6. The average Bonchev–Trinajstić information content (AvgIpc) is 3.32. The molecule has 14 heteroatoms. The quantitative estimate of drug-likeness (QED) is 0.0691. The number of hydrogen-bond acceptors (Lipinski definition) is 13. The second-order valence-corrected chi connectivity index (χ2v) is 18.9. The molecule has 0 aromatic carbocycles. The monoisotopic (exact) mass is 958 g/mol. The van der Waals surface area contributed by atoms with Gasteiger partial charge in [0.25, 0.3) is 0 Å². The first-order chi connectivity index (χ1) is 32.4. The van der Waals surface area contributed by atoms with Crippen LogP contribution in [0.4, 0.5) is 0 Å². The first kappa shape index (κ1) is 60.4. The maximum atomic E-state index is 13.7. The molecule has 1 amide bonds. The van der Waals surface area contributed by atoms with Gasteiger partial charge < -0.3 is 47.5 Å². The molecule has 0 saturated carbocycles. The number of ketones is 1. The number of Topliss-reactive ketones (excluding diaryl/α,β-unsaturated/α-hetero) is 1. The molecule has 2 heterocycles. The van der Waals surface area contributed by atoms with E-state index in [0.717, 1.165) is 11.1 Å². The molecule has 2 aliphatic rings. The summed E-state index contributed by atoms with van der Waals surface area (Å²) in [5.41, 5.74) is 1.93. The van der Waals surface area contributed by atoms with Crippen molar-refractivity contribution in [1.29, 1.82) is 0 Å². The fourth-order valence-corrected chi connectivity index (χ4v) is 9.37. The maximum absolute atomic E-state index is 13.7. The van der Waals surface area contributed by atoms with E-state index in [9.17, 15) is 19.2 Å². The molecule has 386 valence electrons. The van der Waals surface area contributed by atoms with Crippen LogP contribution < -0.4 is 0 Å². The van der Waals surface area contributed by atoms with Crippen molar-refractivity contribution in [2.75, 3.05) is 56.8 Å². The van der Waals surface area contributed by atoms with Crippen LogP contribution in [0.2, 0.25) is 0 Å². The molecule has 0 fully saturated rings. The van der Waals surface area contributed by atoms with E-state index in [4.69, 9.17) is 42.6 Å². The second kappa shape index (κ2) is 32.2. The van der Waals surface area contributed by atoms with Crippen LogP contribution in [0.15, 0.2) is 72.0 Å². The molecule has 15 atom stereocenters. The third-order valence-electron chi connectivity index (χ3n) is 13.9. The summed E-state index contributed by atoms with van der Waals surface area (Å²) in [6, 6.07) is 0. The Morgan fingerprint density at radius 1 is 0.794 bits per heavy atom. The van der Waals surface area contributed by atoms with Crippen LogP contribution in [-0.4, -0.2) is 141 Å². The van der Waals surface area contributed by atoms with Crippen molar-refractivity contribution in [3.05, 3.63) is 72.0 Å². The number of carbonyl (C=O) groups excluding carboxylic acids is 4. The van der Waals surface area contributed by atoms with Crippen LogP contribution in [0.5, 0.6) is 0 Å². The first-order valence-electron chi connectivity index (χ1n) is 24.3. The Bertz CT molecular complexity index is 1700. The number of cyclic esters (lactones) is 1. The molecular weight excluding hydrogens is 871 g/mol. The van der Waals surface area contributed by atoms with E-state index >= 15 is 0 Å². The maximum Gasteiger partial charge on any atom is 0.331 e. The first-order valence-corrected chi connectivity index (χ1v) is 24.3. The van der Waals surface area contributed by atoms with Gasteiger partial charge in [0.1, 0.15) is 18.0 Å². The summed E-state index contributed by atoms with van der Waals surface area (Å²) in [4.78, 5) is 52.5. The largest absolute Gasteiger partial charge is 0.458 e. The number of hydrogen-bond donors (Lipinski definition) is 0. The topological polar surface area (TPSA) is 155 Å². The van der Waals surface area contributed by atoms with Crippen LogP contribution in [-0.2, 0) is 61.8 Å². The molecular formula is C54H87NO13. The van der Waals surface area contributed by atoms with Crippen LogP contribution in [0, 0.1) is 35.5 Å². The summed E-state index contributed by atoms with van der Waals surface area (Å²) in [6.45, 7) is 14.1. The Morgan fingerprint density at radius 3 is 2.00 bits per heavy atom. The predicted molar refractivity (Wildman–Crippen MR) is 264 cm³/mol. The van der Waals surface area contributed by atoms with Gasteiger partial charge in [-0.1, -0.05) is 95.2 Å². The molecule has 0 radical (unpaired) electrons. The van der Waals surface area contributed by atoms with Gasteiger partial charge in [-0.2, -0.15) is 0 Å². The zero-order chi connectivity index (χ0) is 50.9. The van der Waals surface area contributed by atoms with Gasteiger partial charge in [-0.15, -0.1) is 0 Å². The molecule has 2 rings (SSSR count). The third-order valence-corrected chi connectivity index (χ3v) is 13.9. The third kappa shape index (κ3) is 20.3. The summed E-state index contributed by atoms with van der Waals surface area (Å²) >= 11 is 0. The van der Waals surface area contributed by atoms with Gasteiger partial charge in [-0.25, -0.2) is 9.59 Å². The summed E-state index contributed by atoms with van der Waals surface area (Å²) in [5, 5.41) is 0. The predicted octanol–water partition coefficient (Wildman–Crippen LogP) is 8.59. The number of amides is 1. The summed E-state index contributed by atoms with van der Waals surface area (Å²) < 4.78 is 53.8. The normalized spacial score (nSPS) is 29.8. The highest BCUT2D eigenvalue weighted by atomic mass is 16.6. The fraction of sp³-hybridized carbons (Fsp3) is 0.704. The number of methoxy groups -OCH3 is 7. The molecule has 0 aromatic rings. The van der Waals surface area contributed by atoms with E-state index in [2.05, 4.69) is 19.9 Å². The summed E-state index contributed by atoms with van der Waals surface area (Å²) in [7, 11) is 13.3. The second-order valence-electron chi connectivity index (χ2n) is 18.9. The fourth-order valence-electron chi connectivity index (χ4n) is 9.37. The van der Waals surface area contributed by atoms with Crippen molar-refractivity contribution < 1.29 is 61.8 Å². The standard InChI is InChI=1S/C54H87NO13/c1-35-18-16-20-51(58)68-54(41(7)53(66-15)37(3)23-26-46(57)39(5)47(63-12)19-17-27-55(8)34-56)38(4)22-25-43(60-9)32-48(64-13)36(2)21-24-44(61-10)33-49(65-14)40(6)50-30-42(31-52(59)67-50)29-45(28-35)62-11/h16-18,20-22,24-25,27,31,34,36-41,43-45,47-50,53-54H,19,23,26,28-30,32-33H2,1-15H3/t36?,37?,38?,39?,40?,41?,43?,44?,45?,47?,48?,49?,50-,53?,54?/m1/s1. The van der Waals surface area contributed by atoms with Gasteiger partial charge in [0.2, 0.25) is 6.41 Å². The zero-order valence-corrected chi connectivity index (χ0v) is 43.9. The number of rotatable bonds is 19. The van der Waals surface area contributed by atoms with Crippen molar-refractivity contribution in [2.45, 2.75) is 155 Å². The number of carbonyl (C=O) groups is 4. The number of ether oxygens (including phenoxy) is 9. The SMILES string of the molecule is COC1C=CC(C)C(C(C)C(OC)C(C)CCC(=O)C(C)C(CC=CN(C)C=O)OC)OC(=O)C=CC=C(C)CC(OC)CC2=CC(=O)O[C@H](C2)C(C)C(OC)CC(OC)C=CC(C)C(OC)C1. The van der Waals surface area contributed by atoms with E-state index in [1.807, 2.05) is 65.0 Å². The van der Waals surface area contributed by atoms with Crippen molar-refractivity contribution in [3.8, 4) is 0 Å². The van der Waals surface area contributed by atoms with Gasteiger partial charge in [0, 0.05) is 130 Å². The molecule has 0 aromatic heterocycles. The molecule has 2 bridgehead atoms. The van der Waals surface area contributed by atoms with Crippen molar-refractivity contribution >= 4 is 24.1 Å². The van der Waals surface area contributed by atoms with E-state index in [0.29, 0.717) is 57.8 Å². The lowest BCUT2D eigenvalue weighted by molar-refractivity contribution is -0.152. The minimum Gasteiger partial charge on any atom is -0.458 e. The molecule has 68 heavy (non-hydrogen) atoms. The van der Waals surface area contributed by atoms with Crippen molar-refractivity contribution in [2.24, 2.45) is 35.5 Å². The highest BCUT2D eigenvalue weighted by molar-refractivity contribution is 5.84. The van der Waals surface area contributed by atoms with Crippen LogP contribution >= 0.6 is 0 Å². The number of esters is 2. The lowest BCUT2D eigenvalue weighted by atomic mass is 9.81. The Hall–Kier alpha value is -3.76. The zero-order valence-electron chi connectivity index (χ0n) is 43.9. The van der Waals surface area contributed by atoms with Gasteiger partial charge in [-0.3, -0.25) is 9.59 Å². The molecule has 0 aliphatic carbocycles. The van der Waals surface area contributed by atoms with E-state index in [1.54, 1.807) is 75.2 Å². The number of nitrogens with zero attached hydrogens (tertiary/aromatic N) is 1. The van der Waals surface area contributed by atoms with Crippen molar-refractivity contribution in [1.82, 2.24) is 4.90 Å². The molecule has 0 spiro atoms. The Morgan fingerprint density at radius 2 is 1.43 bits per heavy atom. The minimum absolute atomic E-state index is 0.0107. The Balaban J connectivity index is 2.49. The van der Waals surface area contributed by atoms with Gasteiger partial charge in [0.15, 0.2) is 0 Å². The van der Waals surface area contributed by atoms with E-state index in [1.165, 1.54) is 11.0 Å². The van der Waals surface area contributed by atoms with Crippen molar-refractivity contribution in [3.63, 3.8) is 0 Å². The number of fused-ring (bicyclic) bond motifs is 2. The smallest absolute Gasteiger partial charge is 0.331 e. The highest BCUT2D eigenvalue weighted by Crippen LogP contribution is 2.33. The molecule has 2 aliphatic heterocycles. The Labute approximate surface area is 408 Å². The highest BCUT2D eigenvalue weighted by Gasteiger charge is 2.37. The van der Waals surface area contributed by atoms with Gasteiger partial charge in [-0.05, 0) is 38.5 Å². The van der Waals surface area contributed by atoms with Crippen LogP contribution in [0.1, 0.15) is 99.8 Å². The van der Waals surface area contributed by atoms with E-state index < -0.39 is 12.1 Å². The van der Waals surface area contributed by atoms with Crippen LogP contribution in [0.25, 0.3) is 0 Å². The van der Waals surface area contributed by atoms with Gasteiger partial charge >= 0.3 is 11.9 Å². The van der Waals surface area contributed by atoms with E-state index in [-0.39, 0.29) is 96.1 Å². The number of allylic oxidation sites excluding steroid dienone is 2.